The summed E-state index contributed by atoms with van der Waals surface area (Å²) in [7, 11) is -2.64. The molecule has 0 spiro atoms. The molecule has 0 unspecified atom stereocenters. The Kier molecular flexibility index (Phi) is 4.10. The molecule has 0 aromatic heterocycles. The van der Waals surface area contributed by atoms with Crippen LogP contribution in [0.15, 0.2) is 41.5 Å². The van der Waals surface area contributed by atoms with Crippen LogP contribution in [0, 0.1) is 0 Å². The standard InChI is InChI=1S/C16H21F3OSi/c1-5-13-14(6-2)15(13,16(17,18)19)20-21(3,4)12-10-8-7-9-11-12/h7-11H,5-6H2,1-4H3. The fraction of sp³-hybridized carbons (Fsp3) is 0.500. The summed E-state index contributed by atoms with van der Waals surface area (Å²) in [4.78, 5) is 0. The van der Waals surface area contributed by atoms with Gasteiger partial charge in [-0.25, -0.2) is 0 Å². The lowest BCUT2D eigenvalue weighted by Gasteiger charge is -2.33. The highest BCUT2D eigenvalue weighted by atomic mass is 28.4. The summed E-state index contributed by atoms with van der Waals surface area (Å²) in [5.74, 6) is 0. The van der Waals surface area contributed by atoms with Crippen molar-refractivity contribution in [2.24, 2.45) is 0 Å². The Balaban J connectivity index is 2.35. The van der Waals surface area contributed by atoms with Crippen molar-refractivity contribution in [3.05, 3.63) is 41.5 Å². The molecule has 0 aliphatic heterocycles. The molecule has 0 fully saturated rings. The summed E-state index contributed by atoms with van der Waals surface area (Å²) in [5, 5.41) is 0.881. The number of hydrogen-bond donors (Lipinski definition) is 0. The maximum absolute atomic E-state index is 13.7. The summed E-state index contributed by atoms with van der Waals surface area (Å²) in [6, 6.07) is 9.26. The lowest BCUT2D eigenvalue weighted by molar-refractivity contribution is -0.206. The molecule has 0 atom stereocenters. The first-order valence-electron chi connectivity index (χ1n) is 7.26. The van der Waals surface area contributed by atoms with Crippen LogP contribution in [0.3, 0.4) is 0 Å². The van der Waals surface area contributed by atoms with E-state index >= 15 is 0 Å². The van der Waals surface area contributed by atoms with Crippen LogP contribution in [-0.4, -0.2) is 20.1 Å². The van der Waals surface area contributed by atoms with E-state index in [1.807, 2.05) is 43.4 Å². The van der Waals surface area contributed by atoms with E-state index < -0.39 is 20.1 Å². The normalized spacial score (nSPS) is 18.0. The molecule has 1 aromatic rings. The summed E-state index contributed by atoms with van der Waals surface area (Å²) in [6.07, 6.45) is -3.59. The van der Waals surface area contributed by atoms with Crippen molar-refractivity contribution in [3.8, 4) is 0 Å². The van der Waals surface area contributed by atoms with Gasteiger partial charge in [-0.2, -0.15) is 13.2 Å². The number of rotatable bonds is 5. The van der Waals surface area contributed by atoms with Gasteiger partial charge in [0.15, 0.2) is 5.60 Å². The van der Waals surface area contributed by atoms with Gasteiger partial charge in [-0.15, -0.1) is 0 Å². The fourth-order valence-electron chi connectivity index (χ4n) is 3.10. The highest BCUT2D eigenvalue weighted by Gasteiger charge is 2.71. The number of benzene rings is 1. The Morgan fingerprint density at radius 3 is 1.86 bits per heavy atom. The van der Waals surface area contributed by atoms with E-state index in [0.717, 1.165) is 5.19 Å². The highest BCUT2D eigenvalue weighted by Crippen LogP contribution is 2.60. The largest absolute Gasteiger partial charge is 0.424 e. The van der Waals surface area contributed by atoms with Crippen molar-refractivity contribution in [2.45, 2.75) is 51.6 Å². The predicted octanol–water partition coefficient (Wildman–Crippen LogP) is 4.55. The molecule has 0 bridgehead atoms. The van der Waals surface area contributed by atoms with Crippen LogP contribution in [0.1, 0.15) is 26.7 Å². The van der Waals surface area contributed by atoms with Gasteiger partial charge in [-0.3, -0.25) is 0 Å². The molecular formula is C16H21F3OSi. The van der Waals surface area contributed by atoms with E-state index in [1.165, 1.54) is 0 Å². The van der Waals surface area contributed by atoms with E-state index in [2.05, 4.69) is 0 Å². The van der Waals surface area contributed by atoms with Crippen LogP contribution in [0.2, 0.25) is 13.1 Å². The second-order valence-electron chi connectivity index (χ2n) is 5.82. The molecule has 0 N–H and O–H groups in total. The van der Waals surface area contributed by atoms with Crippen LogP contribution >= 0.6 is 0 Å². The second kappa shape index (κ2) is 5.28. The van der Waals surface area contributed by atoms with Gasteiger partial charge in [-0.1, -0.05) is 44.2 Å². The van der Waals surface area contributed by atoms with Gasteiger partial charge >= 0.3 is 6.18 Å². The van der Waals surface area contributed by atoms with Gasteiger partial charge in [0.05, 0.1) is 0 Å². The lowest BCUT2D eigenvalue weighted by Crippen LogP contribution is -2.54. The molecule has 1 aliphatic carbocycles. The van der Waals surface area contributed by atoms with Crippen LogP contribution in [0.25, 0.3) is 0 Å². The zero-order chi connectivity index (χ0) is 15.9. The van der Waals surface area contributed by atoms with Gasteiger partial charge in [0.1, 0.15) is 0 Å². The molecule has 0 saturated heterocycles. The number of alkyl halides is 3. The average Bonchev–Trinajstić information content (AvgIpc) is 3.06. The number of hydrogen-bond acceptors (Lipinski definition) is 1. The van der Waals surface area contributed by atoms with Crippen molar-refractivity contribution in [1.82, 2.24) is 0 Å². The second-order valence-corrected chi connectivity index (χ2v) is 9.62. The molecule has 1 aliphatic rings. The molecular weight excluding hydrogens is 293 g/mol. The zero-order valence-electron chi connectivity index (χ0n) is 12.8. The minimum absolute atomic E-state index is 0.391. The quantitative estimate of drug-likeness (QED) is 0.572. The Hall–Kier alpha value is -1.07. The Bertz CT molecular complexity index is 532. The van der Waals surface area contributed by atoms with E-state index in [0.29, 0.717) is 24.0 Å². The Morgan fingerprint density at radius 2 is 1.48 bits per heavy atom. The smallest absolute Gasteiger partial charge is 0.393 e. The van der Waals surface area contributed by atoms with Crippen molar-refractivity contribution in [2.75, 3.05) is 0 Å². The molecule has 2 rings (SSSR count). The average molecular weight is 314 g/mol. The van der Waals surface area contributed by atoms with E-state index in [4.69, 9.17) is 4.43 Å². The highest BCUT2D eigenvalue weighted by molar-refractivity contribution is 6.84. The topological polar surface area (TPSA) is 9.23 Å². The monoisotopic (exact) mass is 314 g/mol. The third kappa shape index (κ3) is 2.57. The fourth-order valence-corrected chi connectivity index (χ4v) is 5.34. The third-order valence-corrected chi connectivity index (χ3v) is 6.68. The van der Waals surface area contributed by atoms with Gasteiger partial charge in [0.2, 0.25) is 8.32 Å². The van der Waals surface area contributed by atoms with Crippen molar-refractivity contribution < 1.29 is 17.6 Å². The predicted molar refractivity (Wildman–Crippen MR) is 81.0 cm³/mol. The summed E-state index contributed by atoms with van der Waals surface area (Å²) in [5.41, 5.74) is -1.25. The van der Waals surface area contributed by atoms with Gasteiger partial charge in [0.25, 0.3) is 0 Å². The van der Waals surface area contributed by atoms with Gasteiger partial charge in [-0.05, 0) is 42.3 Å². The van der Waals surface area contributed by atoms with Crippen LogP contribution in [0.4, 0.5) is 13.2 Å². The van der Waals surface area contributed by atoms with Crippen LogP contribution < -0.4 is 5.19 Å². The molecule has 0 heterocycles. The van der Waals surface area contributed by atoms with Crippen molar-refractivity contribution in [3.63, 3.8) is 0 Å². The molecule has 0 radical (unpaired) electrons. The lowest BCUT2D eigenvalue weighted by atomic mass is 10.1. The molecule has 0 saturated carbocycles. The molecule has 0 amide bonds. The van der Waals surface area contributed by atoms with Gasteiger partial charge in [0, 0.05) is 0 Å². The first-order chi connectivity index (χ1) is 9.70. The van der Waals surface area contributed by atoms with Crippen molar-refractivity contribution in [1.29, 1.82) is 0 Å². The molecule has 21 heavy (non-hydrogen) atoms. The first kappa shape index (κ1) is 16.3. The van der Waals surface area contributed by atoms with Crippen molar-refractivity contribution >= 4 is 13.5 Å². The maximum atomic E-state index is 13.7. The van der Waals surface area contributed by atoms with Gasteiger partial charge < -0.3 is 4.43 Å². The van der Waals surface area contributed by atoms with E-state index in [-0.39, 0.29) is 0 Å². The SMILES string of the molecule is CCC1=C(CC)C1(O[Si](C)(C)c1ccccc1)C(F)(F)F. The first-order valence-corrected chi connectivity index (χ1v) is 10.2. The summed E-state index contributed by atoms with van der Waals surface area (Å²) in [6.45, 7) is 7.18. The molecule has 116 valence electrons. The molecule has 1 nitrogen and oxygen atoms in total. The minimum atomic E-state index is -4.37. The van der Waals surface area contributed by atoms with Crippen LogP contribution in [-0.2, 0) is 4.43 Å². The van der Waals surface area contributed by atoms with E-state index in [9.17, 15) is 13.2 Å². The van der Waals surface area contributed by atoms with Crippen LogP contribution in [0.5, 0.6) is 0 Å². The molecule has 5 heteroatoms. The summed E-state index contributed by atoms with van der Waals surface area (Å²) < 4.78 is 46.8. The zero-order valence-corrected chi connectivity index (χ0v) is 13.8. The maximum Gasteiger partial charge on any atom is 0.424 e. The Labute approximate surface area is 124 Å². The Morgan fingerprint density at radius 1 is 1.00 bits per heavy atom. The van der Waals surface area contributed by atoms with E-state index in [1.54, 1.807) is 13.8 Å². The minimum Gasteiger partial charge on any atom is -0.393 e. The summed E-state index contributed by atoms with van der Waals surface area (Å²) >= 11 is 0. The molecule has 1 aromatic carbocycles. The number of halogens is 3. The third-order valence-electron chi connectivity index (χ3n) is 4.14.